The van der Waals surface area contributed by atoms with Crippen LogP contribution in [-0.4, -0.2) is 58.6 Å². The minimum absolute atomic E-state index is 0.00224. The second kappa shape index (κ2) is 11.6. The van der Waals surface area contributed by atoms with Crippen molar-refractivity contribution in [1.29, 1.82) is 5.26 Å². The van der Waals surface area contributed by atoms with Gasteiger partial charge in [-0.3, -0.25) is 4.90 Å². The highest BCUT2D eigenvalue weighted by Gasteiger charge is 2.73. The summed E-state index contributed by atoms with van der Waals surface area (Å²) in [7, 11) is 1.76. The maximum Gasteiger partial charge on any atom is 0.319 e. The number of thiophene rings is 1. The molecule has 2 aromatic carbocycles. The van der Waals surface area contributed by atoms with E-state index in [-0.39, 0.29) is 97.5 Å². The Labute approximate surface area is 281 Å². The van der Waals surface area contributed by atoms with Crippen molar-refractivity contribution in [3.63, 3.8) is 0 Å². The molecule has 7 rings (SSSR count). The molecule has 0 radical (unpaired) electrons. The van der Waals surface area contributed by atoms with Crippen LogP contribution in [0, 0.1) is 28.4 Å². The molecule has 248 valence electrons. The van der Waals surface area contributed by atoms with Crippen LogP contribution in [-0.2, 0) is 0 Å². The first-order valence-electron chi connectivity index (χ1n) is 15.1. The van der Waals surface area contributed by atoms with E-state index in [4.69, 9.17) is 27.8 Å². The summed E-state index contributed by atoms with van der Waals surface area (Å²) in [6.07, 6.45) is 1.68. The molecule has 0 unspecified atom stereocenters. The SMILES string of the molecule is C[C@@H](CNc1nc(OC[C@@H]2C[C@@]3(CN2C)CC3(F)F)nc2c(F)c(-c3ccc(F)c4sc(N)c(C#N)c34)c(Cl)cc12)c1cccnc1N. The number of aromatic nitrogens is 3. The zero-order valence-corrected chi connectivity index (χ0v) is 27.3. The number of hydrogen-bond donors (Lipinski definition) is 3. The molecule has 9 nitrogen and oxygen atoms in total. The Balaban J connectivity index is 1.31. The number of pyridine rings is 1. The smallest absolute Gasteiger partial charge is 0.319 e. The number of likely N-dealkylation sites (N-methyl/N-ethyl adjacent to an activating group) is 1. The highest BCUT2D eigenvalue weighted by atomic mass is 35.5. The van der Waals surface area contributed by atoms with Crippen molar-refractivity contribution >= 4 is 60.6 Å². The van der Waals surface area contributed by atoms with E-state index in [1.54, 1.807) is 19.3 Å². The molecule has 48 heavy (non-hydrogen) atoms. The Morgan fingerprint density at radius 1 is 1.25 bits per heavy atom. The maximum absolute atomic E-state index is 16.8. The van der Waals surface area contributed by atoms with Crippen molar-refractivity contribution in [2.24, 2.45) is 5.41 Å². The van der Waals surface area contributed by atoms with Crippen LogP contribution in [0.1, 0.15) is 36.8 Å². The summed E-state index contributed by atoms with van der Waals surface area (Å²) in [5.41, 5.74) is 11.8. The highest BCUT2D eigenvalue weighted by Crippen LogP contribution is 2.66. The molecule has 4 heterocycles. The lowest BCUT2D eigenvalue weighted by atomic mass is 9.97. The van der Waals surface area contributed by atoms with Crippen molar-refractivity contribution < 1.29 is 22.3 Å². The van der Waals surface area contributed by atoms with Gasteiger partial charge in [0.25, 0.3) is 5.92 Å². The molecule has 0 amide bonds. The van der Waals surface area contributed by atoms with E-state index in [2.05, 4.69) is 20.3 Å². The minimum Gasteiger partial charge on any atom is -0.462 e. The van der Waals surface area contributed by atoms with Gasteiger partial charge in [0.1, 0.15) is 40.6 Å². The van der Waals surface area contributed by atoms with E-state index in [0.29, 0.717) is 12.4 Å². The van der Waals surface area contributed by atoms with Crippen LogP contribution >= 0.6 is 22.9 Å². The number of nitrogen functional groups attached to an aromatic ring is 2. The second-order valence-corrected chi connectivity index (χ2v) is 14.0. The minimum atomic E-state index is -2.70. The molecule has 1 saturated heterocycles. The summed E-state index contributed by atoms with van der Waals surface area (Å²) in [6, 6.07) is 9.12. The van der Waals surface area contributed by atoms with Gasteiger partial charge in [-0.15, -0.1) is 11.3 Å². The van der Waals surface area contributed by atoms with Gasteiger partial charge in [-0.25, -0.2) is 22.5 Å². The van der Waals surface area contributed by atoms with Crippen LogP contribution in [0.5, 0.6) is 6.01 Å². The van der Waals surface area contributed by atoms with Gasteiger partial charge < -0.3 is 21.5 Å². The highest BCUT2D eigenvalue weighted by molar-refractivity contribution is 7.23. The molecule has 1 saturated carbocycles. The average molecular weight is 697 g/mol. The number of hydrogen-bond acceptors (Lipinski definition) is 10. The van der Waals surface area contributed by atoms with E-state index < -0.39 is 23.0 Å². The van der Waals surface area contributed by atoms with Crippen molar-refractivity contribution in [1.82, 2.24) is 19.9 Å². The number of benzene rings is 2. The number of anilines is 3. The fraction of sp³-hybridized carbons (Fsp3) is 0.333. The number of alkyl halides is 2. The summed E-state index contributed by atoms with van der Waals surface area (Å²) in [6.45, 7) is 2.49. The lowest BCUT2D eigenvalue weighted by molar-refractivity contribution is 0.0671. The maximum atomic E-state index is 16.8. The summed E-state index contributed by atoms with van der Waals surface area (Å²) >= 11 is 7.63. The van der Waals surface area contributed by atoms with E-state index in [1.165, 1.54) is 12.1 Å². The van der Waals surface area contributed by atoms with Crippen LogP contribution in [0.4, 0.5) is 34.2 Å². The largest absolute Gasteiger partial charge is 0.462 e. The number of nitrogens with zero attached hydrogens (tertiary/aromatic N) is 5. The van der Waals surface area contributed by atoms with Crippen molar-refractivity contribution in [3.8, 4) is 23.2 Å². The number of ether oxygens (including phenoxy) is 1. The second-order valence-electron chi connectivity index (χ2n) is 12.6. The fourth-order valence-electron chi connectivity index (χ4n) is 6.75. The number of fused-ring (bicyclic) bond motifs is 2. The number of nitriles is 1. The topological polar surface area (TPSA) is 139 Å². The fourth-order valence-corrected chi connectivity index (χ4v) is 7.99. The summed E-state index contributed by atoms with van der Waals surface area (Å²) in [4.78, 5) is 14.9. The Morgan fingerprint density at radius 3 is 2.71 bits per heavy atom. The molecule has 0 bridgehead atoms. The molecule has 3 aromatic heterocycles. The normalized spacial score (nSPS) is 20.8. The van der Waals surface area contributed by atoms with E-state index in [9.17, 15) is 18.4 Å². The molecule has 2 fully saturated rings. The number of rotatable bonds is 8. The van der Waals surface area contributed by atoms with Gasteiger partial charge in [0, 0.05) is 54.0 Å². The molecule has 5 N–H and O–H groups in total. The van der Waals surface area contributed by atoms with Crippen molar-refractivity contribution in [2.45, 2.75) is 37.6 Å². The van der Waals surface area contributed by atoms with Gasteiger partial charge in [-0.2, -0.15) is 15.2 Å². The van der Waals surface area contributed by atoms with E-state index in [0.717, 1.165) is 23.0 Å². The molecule has 1 spiro atoms. The first-order valence-corrected chi connectivity index (χ1v) is 16.3. The van der Waals surface area contributed by atoms with Crippen molar-refractivity contribution in [2.75, 3.05) is 43.5 Å². The van der Waals surface area contributed by atoms with E-state index in [1.807, 2.05) is 24.0 Å². The molecule has 1 aliphatic heterocycles. The Kier molecular flexibility index (Phi) is 7.77. The van der Waals surface area contributed by atoms with Gasteiger partial charge >= 0.3 is 6.01 Å². The lowest BCUT2D eigenvalue weighted by Crippen LogP contribution is -2.31. The summed E-state index contributed by atoms with van der Waals surface area (Å²) < 4.78 is 66.0. The quantitative estimate of drug-likeness (QED) is 0.144. The Morgan fingerprint density at radius 2 is 2.02 bits per heavy atom. The van der Waals surface area contributed by atoms with Gasteiger partial charge in [-0.1, -0.05) is 30.7 Å². The predicted octanol–water partition coefficient (Wildman–Crippen LogP) is 7.20. The van der Waals surface area contributed by atoms with Crippen LogP contribution in [0.15, 0.2) is 36.5 Å². The molecule has 3 atom stereocenters. The van der Waals surface area contributed by atoms with Crippen LogP contribution in [0.25, 0.3) is 32.1 Å². The number of likely N-dealkylation sites (tertiary alicyclic amines) is 1. The zero-order valence-electron chi connectivity index (χ0n) is 25.8. The first-order chi connectivity index (χ1) is 22.8. The third kappa shape index (κ3) is 5.21. The van der Waals surface area contributed by atoms with Gasteiger partial charge in [0.05, 0.1) is 20.7 Å². The standard InChI is InChI=1S/C33H29ClF4N8OS/c1-15(17-4-3-7-42-28(17)40)11-43-30-19-8-21(34)24(18-5-6-22(35)27-23(18)20(10-39)29(41)48-27)25(36)26(19)44-31(45-30)47-12-16-9-32(14-46(16)2)13-33(32,37)38/h3-8,15-16H,9,11-14,41H2,1-2H3,(H2,40,42)(H,43,44,45)/t15-,16-,32-/m0/s1. The lowest BCUT2D eigenvalue weighted by Gasteiger charge is -2.20. The van der Waals surface area contributed by atoms with Gasteiger partial charge in [-0.05, 0) is 42.8 Å². The molecule has 1 aliphatic carbocycles. The third-order valence-electron chi connectivity index (χ3n) is 9.46. The first kappa shape index (κ1) is 32.1. The predicted molar refractivity (Wildman–Crippen MR) is 178 cm³/mol. The summed E-state index contributed by atoms with van der Waals surface area (Å²) in [5.74, 6) is -3.73. The van der Waals surface area contributed by atoms with Crippen LogP contribution in [0.2, 0.25) is 5.02 Å². The van der Waals surface area contributed by atoms with Crippen LogP contribution < -0.4 is 21.5 Å². The molecular formula is C33H29ClF4N8OS. The Hall–Kier alpha value is -4.45. The monoisotopic (exact) mass is 696 g/mol. The number of nitrogens with one attached hydrogen (secondary N) is 1. The molecular weight excluding hydrogens is 668 g/mol. The summed E-state index contributed by atoms with van der Waals surface area (Å²) in [5, 5.41) is 13.5. The average Bonchev–Trinajstić information content (AvgIpc) is 3.26. The number of halogens is 5. The van der Waals surface area contributed by atoms with Crippen LogP contribution in [0.3, 0.4) is 0 Å². The van der Waals surface area contributed by atoms with Gasteiger partial charge in [0.2, 0.25) is 0 Å². The zero-order chi connectivity index (χ0) is 34.1. The molecule has 5 aromatic rings. The third-order valence-corrected chi connectivity index (χ3v) is 10.8. The van der Waals surface area contributed by atoms with Gasteiger partial charge in [0.15, 0.2) is 5.82 Å². The van der Waals surface area contributed by atoms with Crippen molar-refractivity contribution in [3.05, 3.63) is 64.3 Å². The molecule has 2 aliphatic rings. The Bertz CT molecular complexity index is 2160. The van der Waals surface area contributed by atoms with E-state index >= 15 is 4.39 Å². The number of nitrogens with two attached hydrogens (primary N) is 2. The molecule has 15 heteroatoms.